The van der Waals surface area contributed by atoms with Gasteiger partial charge in [0.15, 0.2) is 5.25 Å². The van der Waals surface area contributed by atoms with Gasteiger partial charge in [0.2, 0.25) is 10.0 Å². The van der Waals surface area contributed by atoms with Crippen LogP contribution in [0.2, 0.25) is 0 Å². The Hall–Kier alpha value is -1.11. The van der Waals surface area contributed by atoms with Crippen molar-refractivity contribution < 1.29 is 8.42 Å². The van der Waals surface area contributed by atoms with Gasteiger partial charge in [-0.15, -0.1) is 0 Å². The standard InChI is InChI=1S/C8H13N3O2S/c1-3-5-11(6-4-9)14(12,13)8(2)7-10/h8H,3,5-6H2,1-2H3. The SMILES string of the molecule is CCCN(CC#N)S(=O)(=O)C(C)C#N. The van der Waals surface area contributed by atoms with Gasteiger partial charge >= 0.3 is 0 Å². The van der Waals surface area contributed by atoms with Crippen molar-refractivity contribution in [1.82, 2.24) is 4.31 Å². The fraction of sp³-hybridized carbons (Fsp3) is 0.750. The van der Waals surface area contributed by atoms with E-state index in [0.29, 0.717) is 6.42 Å². The molecule has 0 aliphatic heterocycles. The summed E-state index contributed by atoms with van der Waals surface area (Å²) in [6, 6.07) is 3.44. The molecule has 1 unspecified atom stereocenters. The zero-order chi connectivity index (χ0) is 11.2. The largest absolute Gasteiger partial charge is 0.231 e. The van der Waals surface area contributed by atoms with Crippen molar-refractivity contribution in [2.45, 2.75) is 25.5 Å². The Morgan fingerprint density at radius 1 is 1.43 bits per heavy atom. The second-order valence-electron chi connectivity index (χ2n) is 2.81. The van der Waals surface area contributed by atoms with E-state index in [4.69, 9.17) is 10.5 Å². The monoisotopic (exact) mass is 215 g/mol. The smallest absolute Gasteiger partial charge is 0.211 e. The maximum atomic E-state index is 11.6. The fourth-order valence-corrected chi connectivity index (χ4v) is 2.17. The van der Waals surface area contributed by atoms with Gasteiger partial charge in [0.25, 0.3) is 0 Å². The van der Waals surface area contributed by atoms with Crippen molar-refractivity contribution in [3.05, 3.63) is 0 Å². The lowest BCUT2D eigenvalue weighted by Crippen LogP contribution is -2.37. The highest BCUT2D eigenvalue weighted by Gasteiger charge is 2.27. The Morgan fingerprint density at radius 3 is 2.36 bits per heavy atom. The van der Waals surface area contributed by atoms with Crippen LogP contribution in [0, 0.1) is 22.7 Å². The molecule has 0 aromatic rings. The third-order valence-electron chi connectivity index (χ3n) is 1.71. The minimum atomic E-state index is -3.63. The first-order chi connectivity index (χ1) is 6.50. The molecule has 5 nitrogen and oxygen atoms in total. The summed E-state index contributed by atoms with van der Waals surface area (Å²) in [4.78, 5) is 0. The van der Waals surface area contributed by atoms with Crippen LogP contribution in [0.1, 0.15) is 20.3 Å². The number of nitrogens with zero attached hydrogens (tertiary/aromatic N) is 3. The number of nitriles is 2. The van der Waals surface area contributed by atoms with Crippen LogP contribution in [0.25, 0.3) is 0 Å². The topological polar surface area (TPSA) is 85.0 Å². The van der Waals surface area contributed by atoms with Crippen LogP contribution in [0.15, 0.2) is 0 Å². The minimum Gasteiger partial charge on any atom is -0.211 e. The zero-order valence-corrected chi connectivity index (χ0v) is 9.08. The van der Waals surface area contributed by atoms with Crippen LogP contribution in [0.3, 0.4) is 0 Å². The van der Waals surface area contributed by atoms with Crippen LogP contribution in [0.5, 0.6) is 0 Å². The fourth-order valence-electron chi connectivity index (χ4n) is 0.915. The molecule has 6 heteroatoms. The molecule has 0 bridgehead atoms. The molecule has 14 heavy (non-hydrogen) atoms. The van der Waals surface area contributed by atoms with Crippen LogP contribution in [-0.4, -0.2) is 31.1 Å². The lowest BCUT2D eigenvalue weighted by Gasteiger charge is -2.19. The molecular weight excluding hydrogens is 202 g/mol. The summed E-state index contributed by atoms with van der Waals surface area (Å²) < 4.78 is 24.2. The van der Waals surface area contributed by atoms with Gasteiger partial charge in [-0.3, -0.25) is 0 Å². The predicted octanol–water partition coefficient (Wildman–Crippen LogP) is 0.464. The first-order valence-electron chi connectivity index (χ1n) is 4.26. The molecule has 0 saturated heterocycles. The Balaban J connectivity index is 4.84. The molecule has 0 aromatic carbocycles. The van der Waals surface area contributed by atoms with Crippen molar-refractivity contribution in [3.8, 4) is 12.1 Å². The van der Waals surface area contributed by atoms with E-state index >= 15 is 0 Å². The van der Waals surface area contributed by atoms with Crippen LogP contribution in [-0.2, 0) is 10.0 Å². The lowest BCUT2D eigenvalue weighted by atomic mass is 10.5. The Labute approximate surface area is 84.6 Å². The predicted molar refractivity (Wildman–Crippen MR) is 51.5 cm³/mol. The summed E-state index contributed by atoms with van der Waals surface area (Å²) in [6.07, 6.45) is 0.624. The summed E-state index contributed by atoms with van der Waals surface area (Å²) in [6.45, 7) is 3.22. The van der Waals surface area contributed by atoms with Crippen molar-refractivity contribution in [2.24, 2.45) is 0 Å². The quantitative estimate of drug-likeness (QED) is 0.624. The van der Waals surface area contributed by atoms with Crippen molar-refractivity contribution in [2.75, 3.05) is 13.1 Å². The molecule has 0 aliphatic carbocycles. The Kier molecular flexibility index (Phi) is 5.14. The molecule has 0 fully saturated rings. The summed E-state index contributed by atoms with van der Waals surface area (Å²) in [5, 5.41) is 15.9. The van der Waals surface area contributed by atoms with E-state index in [1.54, 1.807) is 12.1 Å². The van der Waals surface area contributed by atoms with E-state index in [2.05, 4.69) is 0 Å². The molecule has 0 radical (unpaired) electrons. The van der Waals surface area contributed by atoms with Gasteiger partial charge in [0, 0.05) is 6.54 Å². The van der Waals surface area contributed by atoms with E-state index in [9.17, 15) is 8.42 Å². The lowest BCUT2D eigenvalue weighted by molar-refractivity contribution is 0.441. The molecule has 1 atom stereocenters. The van der Waals surface area contributed by atoms with E-state index < -0.39 is 15.3 Å². The molecular formula is C8H13N3O2S. The van der Waals surface area contributed by atoms with Crippen molar-refractivity contribution in [3.63, 3.8) is 0 Å². The van der Waals surface area contributed by atoms with Gasteiger partial charge in [-0.1, -0.05) is 6.92 Å². The highest BCUT2D eigenvalue weighted by molar-refractivity contribution is 7.89. The van der Waals surface area contributed by atoms with E-state index in [0.717, 1.165) is 4.31 Å². The first-order valence-corrected chi connectivity index (χ1v) is 5.76. The molecule has 0 saturated carbocycles. The Bertz CT molecular complexity index is 350. The molecule has 0 amide bonds. The van der Waals surface area contributed by atoms with E-state index in [1.807, 2.05) is 6.92 Å². The normalized spacial score (nSPS) is 13.2. The maximum Gasteiger partial charge on any atom is 0.231 e. The van der Waals surface area contributed by atoms with Gasteiger partial charge in [-0.25, -0.2) is 8.42 Å². The van der Waals surface area contributed by atoms with Gasteiger partial charge in [0.1, 0.15) is 6.54 Å². The molecule has 0 spiro atoms. The average molecular weight is 215 g/mol. The van der Waals surface area contributed by atoms with Crippen LogP contribution in [0.4, 0.5) is 0 Å². The van der Waals surface area contributed by atoms with Gasteiger partial charge in [-0.05, 0) is 13.3 Å². The third kappa shape index (κ3) is 2.99. The molecule has 0 heterocycles. The van der Waals surface area contributed by atoms with Crippen LogP contribution < -0.4 is 0 Å². The van der Waals surface area contributed by atoms with Crippen molar-refractivity contribution >= 4 is 10.0 Å². The first kappa shape index (κ1) is 12.9. The second kappa shape index (κ2) is 5.58. The third-order valence-corrected chi connectivity index (χ3v) is 3.74. The van der Waals surface area contributed by atoms with Gasteiger partial charge in [-0.2, -0.15) is 14.8 Å². The van der Waals surface area contributed by atoms with E-state index in [-0.39, 0.29) is 13.1 Å². The van der Waals surface area contributed by atoms with Gasteiger partial charge in [0.05, 0.1) is 12.1 Å². The van der Waals surface area contributed by atoms with Crippen molar-refractivity contribution in [1.29, 1.82) is 10.5 Å². The number of hydrogen-bond donors (Lipinski definition) is 0. The average Bonchev–Trinajstić information content (AvgIpc) is 2.16. The zero-order valence-electron chi connectivity index (χ0n) is 8.27. The second-order valence-corrected chi connectivity index (χ2v) is 5.06. The maximum absolute atomic E-state index is 11.6. The molecule has 0 rings (SSSR count). The number of rotatable bonds is 5. The molecule has 0 aromatic heterocycles. The number of sulfonamides is 1. The summed E-state index contributed by atoms with van der Waals surface area (Å²) in [5.41, 5.74) is 0. The highest BCUT2D eigenvalue weighted by Crippen LogP contribution is 2.08. The number of hydrogen-bond acceptors (Lipinski definition) is 4. The molecule has 0 N–H and O–H groups in total. The molecule has 78 valence electrons. The Morgan fingerprint density at radius 2 is 2.00 bits per heavy atom. The summed E-state index contributed by atoms with van der Waals surface area (Å²) >= 11 is 0. The summed E-state index contributed by atoms with van der Waals surface area (Å²) in [5.74, 6) is 0. The van der Waals surface area contributed by atoms with Gasteiger partial charge < -0.3 is 0 Å². The molecule has 0 aliphatic rings. The summed E-state index contributed by atoms with van der Waals surface area (Å²) in [7, 11) is -3.63. The highest BCUT2D eigenvalue weighted by atomic mass is 32.2. The van der Waals surface area contributed by atoms with Crippen LogP contribution >= 0.6 is 0 Å². The van der Waals surface area contributed by atoms with E-state index in [1.165, 1.54) is 6.92 Å². The minimum absolute atomic E-state index is 0.192.